The summed E-state index contributed by atoms with van der Waals surface area (Å²) in [7, 11) is 2.90. The number of esters is 1. The van der Waals surface area contributed by atoms with E-state index in [4.69, 9.17) is 18.9 Å². The molecule has 2 fully saturated rings. The normalized spacial score (nSPS) is 20.0. The lowest BCUT2D eigenvalue weighted by Gasteiger charge is -2.32. The van der Waals surface area contributed by atoms with Crippen LogP contribution in [0.5, 0.6) is 5.75 Å². The number of carbonyl (C=O) groups is 1. The first-order valence-electron chi connectivity index (χ1n) is 8.86. The first-order valence-corrected chi connectivity index (χ1v) is 8.86. The quantitative estimate of drug-likeness (QED) is 0.345. The molecule has 1 aliphatic heterocycles. The number of nitrogens with zero attached hydrogens (tertiary/aromatic N) is 1. The summed E-state index contributed by atoms with van der Waals surface area (Å²) in [6, 6.07) is 6.42. The van der Waals surface area contributed by atoms with Crippen molar-refractivity contribution in [3.8, 4) is 5.75 Å². The topological polar surface area (TPSA) is 80.1 Å². The van der Waals surface area contributed by atoms with Crippen molar-refractivity contribution in [2.45, 2.75) is 43.9 Å². The third kappa shape index (κ3) is 3.99. The van der Waals surface area contributed by atoms with E-state index in [1.165, 1.54) is 7.11 Å². The van der Waals surface area contributed by atoms with Crippen molar-refractivity contribution < 1.29 is 28.5 Å². The first-order chi connectivity index (χ1) is 12.6. The predicted molar refractivity (Wildman–Crippen MR) is 94.2 cm³/mol. The molecule has 26 heavy (non-hydrogen) atoms. The summed E-state index contributed by atoms with van der Waals surface area (Å²) in [5.41, 5.74) is 1.57. The number of hydrogen-bond acceptors (Lipinski definition) is 6. The van der Waals surface area contributed by atoms with Gasteiger partial charge in [0.2, 0.25) is 0 Å². The Morgan fingerprint density at radius 2 is 1.81 bits per heavy atom. The fourth-order valence-corrected chi connectivity index (χ4v) is 3.53. The van der Waals surface area contributed by atoms with Crippen molar-refractivity contribution in [1.29, 1.82) is 0 Å². The smallest absolute Gasteiger partial charge is 0.376 e. The van der Waals surface area contributed by atoms with Gasteiger partial charge in [-0.1, -0.05) is 12.1 Å². The molecule has 0 aromatic heterocycles. The second-order valence-electron chi connectivity index (χ2n) is 6.59. The van der Waals surface area contributed by atoms with Gasteiger partial charge in [0.15, 0.2) is 11.5 Å². The van der Waals surface area contributed by atoms with E-state index in [-0.39, 0.29) is 6.42 Å². The molecular formula is C19H25NO6. The third-order valence-corrected chi connectivity index (χ3v) is 5.06. The summed E-state index contributed by atoms with van der Waals surface area (Å²) < 4.78 is 22.2. The highest BCUT2D eigenvalue weighted by molar-refractivity contribution is 5.83. The van der Waals surface area contributed by atoms with Crippen LogP contribution in [0.1, 0.15) is 31.2 Å². The van der Waals surface area contributed by atoms with E-state index in [1.807, 2.05) is 24.3 Å². The van der Waals surface area contributed by atoms with E-state index in [9.17, 15) is 10.0 Å². The zero-order chi connectivity index (χ0) is 18.6. The van der Waals surface area contributed by atoms with E-state index in [0.29, 0.717) is 44.6 Å². The van der Waals surface area contributed by atoms with Crippen LogP contribution in [0.25, 0.3) is 0 Å². The largest absolute Gasteiger partial charge is 0.623 e. The maximum Gasteiger partial charge on any atom is 0.376 e. The summed E-state index contributed by atoms with van der Waals surface area (Å²) >= 11 is 0. The summed E-state index contributed by atoms with van der Waals surface area (Å²) in [5, 5.41) is 12.9. The molecule has 7 heteroatoms. The van der Waals surface area contributed by atoms with Gasteiger partial charge in [-0.3, -0.25) is 0 Å². The Morgan fingerprint density at radius 3 is 2.35 bits per heavy atom. The molecule has 1 saturated heterocycles. The predicted octanol–water partition coefficient (Wildman–Crippen LogP) is 2.05. The van der Waals surface area contributed by atoms with E-state index in [0.717, 1.165) is 16.1 Å². The monoisotopic (exact) mass is 363 g/mol. The Morgan fingerprint density at radius 1 is 1.19 bits per heavy atom. The molecule has 3 rings (SSSR count). The standard InChI is InChI=1S/C19H25NO6/c1-23-16-5-3-14(4-6-16)13-17(18(21)24-2)20(22)15-7-9-19(10-8-15)25-11-12-26-19/h3-6,17H,7-13H2,1-2H3/t17-/m0/s1. The highest BCUT2D eigenvalue weighted by Crippen LogP contribution is 2.34. The highest BCUT2D eigenvalue weighted by atomic mass is 16.7. The van der Waals surface area contributed by atoms with Crippen molar-refractivity contribution in [2.24, 2.45) is 0 Å². The first kappa shape index (κ1) is 18.7. The maximum atomic E-state index is 12.9. The van der Waals surface area contributed by atoms with Crippen LogP contribution in [0, 0.1) is 5.21 Å². The van der Waals surface area contributed by atoms with Crippen molar-refractivity contribution in [3.63, 3.8) is 0 Å². The van der Waals surface area contributed by atoms with Crippen molar-refractivity contribution in [2.75, 3.05) is 27.4 Å². The molecule has 1 aliphatic carbocycles. The van der Waals surface area contributed by atoms with Crippen LogP contribution in [0.3, 0.4) is 0 Å². The molecule has 1 atom stereocenters. The molecule has 1 spiro atoms. The lowest BCUT2D eigenvalue weighted by molar-refractivity contribution is -0.492. The van der Waals surface area contributed by atoms with Crippen LogP contribution in [-0.2, 0) is 25.4 Å². The SMILES string of the molecule is COC(=O)[C@H](Cc1ccc(OC)cc1)[N+]([O-])=C1CCC2(CC1)OCCO2. The molecule has 0 unspecified atom stereocenters. The molecule has 1 saturated carbocycles. The van der Waals surface area contributed by atoms with Crippen LogP contribution in [0.4, 0.5) is 0 Å². The van der Waals surface area contributed by atoms with Gasteiger partial charge < -0.3 is 24.2 Å². The molecular weight excluding hydrogens is 338 g/mol. The second-order valence-corrected chi connectivity index (χ2v) is 6.59. The molecule has 7 nitrogen and oxygen atoms in total. The van der Waals surface area contributed by atoms with Gasteiger partial charge in [0, 0.05) is 32.1 Å². The molecule has 2 aliphatic rings. The Hall–Kier alpha value is -2.12. The zero-order valence-corrected chi connectivity index (χ0v) is 15.2. The van der Waals surface area contributed by atoms with Crippen LogP contribution in [0.2, 0.25) is 0 Å². The molecule has 1 aromatic carbocycles. The number of hydroxylamine groups is 1. The van der Waals surface area contributed by atoms with Crippen molar-refractivity contribution >= 4 is 11.7 Å². The molecule has 0 bridgehead atoms. The van der Waals surface area contributed by atoms with E-state index >= 15 is 0 Å². The number of methoxy groups -OCH3 is 2. The van der Waals surface area contributed by atoms with Crippen LogP contribution in [0.15, 0.2) is 24.3 Å². The minimum Gasteiger partial charge on any atom is -0.623 e. The number of hydrogen-bond donors (Lipinski definition) is 0. The fraction of sp³-hybridized carbons (Fsp3) is 0.579. The van der Waals surface area contributed by atoms with Crippen molar-refractivity contribution in [1.82, 2.24) is 0 Å². The van der Waals surface area contributed by atoms with Gasteiger partial charge in [-0.15, -0.1) is 0 Å². The minimum atomic E-state index is -0.900. The van der Waals surface area contributed by atoms with Gasteiger partial charge in [-0.25, -0.2) is 4.79 Å². The number of carbonyl (C=O) groups excluding carboxylic acids is 1. The van der Waals surface area contributed by atoms with Gasteiger partial charge in [0.25, 0.3) is 6.04 Å². The van der Waals surface area contributed by atoms with E-state index in [2.05, 4.69) is 0 Å². The Bertz CT molecular complexity index is 651. The zero-order valence-electron chi connectivity index (χ0n) is 15.2. The molecule has 0 radical (unpaired) electrons. The fourth-order valence-electron chi connectivity index (χ4n) is 3.53. The highest BCUT2D eigenvalue weighted by Gasteiger charge is 2.42. The van der Waals surface area contributed by atoms with Gasteiger partial charge in [-0.05, 0) is 17.7 Å². The van der Waals surface area contributed by atoms with Gasteiger partial charge in [-0.2, -0.15) is 4.74 Å². The van der Waals surface area contributed by atoms with Crippen LogP contribution >= 0.6 is 0 Å². The van der Waals surface area contributed by atoms with Gasteiger partial charge in [0.05, 0.1) is 27.4 Å². The maximum absolute atomic E-state index is 12.9. The van der Waals surface area contributed by atoms with Crippen LogP contribution in [-0.4, -0.2) is 55.7 Å². The Kier molecular flexibility index (Phi) is 5.78. The summed E-state index contributed by atoms with van der Waals surface area (Å²) in [5.74, 6) is -0.344. The number of ether oxygens (including phenoxy) is 4. The summed E-state index contributed by atoms with van der Waals surface area (Å²) in [6.45, 7) is 1.19. The summed E-state index contributed by atoms with van der Waals surface area (Å²) in [4.78, 5) is 12.2. The molecule has 1 aromatic rings. The van der Waals surface area contributed by atoms with E-state index in [1.54, 1.807) is 7.11 Å². The van der Waals surface area contributed by atoms with Gasteiger partial charge in [0.1, 0.15) is 5.75 Å². The average molecular weight is 363 g/mol. The summed E-state index contributed by atoms with van der Waals surface area (Å²) in [6.07, 6.45) is 2.66. The number of benzene rings is 1. The van der Waals surface area contributed by atoms with Gasteiger partial charge >= 0.3 is 5.97 Å². The third-order valence-electron chi connectivity index (χ3n) is 5.06. The molecule has 0 amide bonds. The Labute approximate surface area is 153 Å². The van der Waals surface area contributed by atoms with E-state index < -0.39 is 17.8 Å². The minimum absolute atomic E-state index is 0.280. The average Bonchev–Trinajstić information content (AvgIpc) is 3.14. The molecule has 1 heterocycles. The lowest BCUT2D eigenvalue weighted by Crippen LogP contribution is -2.42. The number of rotatable bonds is 5. The van der Waals surface area contributed by atoms with Crippen LogP contribution < -0.4 is 4.74 Å². The Balaban J connectivity index is 1.74. The second kappa shape index (κ2) is 8.05. The molecule has 0 N–H and O–H groups in total. The lowest BCUT2D eigenvalue weighted by atomic mass is 9.92. The van der Waals surface area contributed by atoms with Crippen molar-refractivity contribution in [3.05, 3.63) is 35.0 Å². The molecule has 142 valence electrons.